The summed E-state index contributed by atoms with van der Waals surface area (Å²) in [7, 11) is 0. The first kappa shape index (κ1) is 33.2. The molecule has 0 spiro atoms. The summed E-state index contributed by atoms with van der Waals surface area (Å²) in [5.41, 5.74) is 11.9. The Bertz CT molecular complexity index is 3360. The van der Waals surface area contributed by atoms with E-state index in [4.69, 9.17) is 25.9 Å². The second kappa shape index (κ2) is 13.6. The number of nitrogens with zero attached hydrogens (tertiary/aromatic N) is 5. The lowest BCUT2D eigenvalue weighted by Crippen LogP contribution is -2.04. The van der Waals surface area contributed by atoms with Crippen molar-refractivity contribution in [1.82, 2.24) is 19.5 Å². The van der Waals surface area contributed by atoms with Crippen LogP contribution in [0.5, 0.6) is 0 Å². The maximum Gasteiger partial charge on any atom is 0.194 e. The quantitative estimate of drug-likeness (QED) is 0.159. The van der Waals surface area contributed by atoms with Crippen molar-refractivity contribution in [3.05, 3.63) is 199 Å². The predicted molar refractivity (Wildman–Crippen MR) is 235 cm³/mol. The molecule has 0 saturated carbocycles. The van der Waals surface area contributed by atoms with Gasteiger partial charge in [0.25, 0.3) is 0 Å². The average molecular weight is 742 g/mol. The van der Waals surface area contributed by atoms with Gasteiger partial charge < -0.3 is 8.98 Å². The smallest absolute Gasteiger partial charge is 0.194 e. The van der Waals surface area contributed by atoms with Crippen LogP contribution in [0.2, 0.25) is 0 Å². The zero-order chi connectivity index (χ0) is 38.6. The Morgan fingerprint density at radius 1 is 0.414 bits per heavy atom. The van der Waals surface area contributed by atoms with E-state index in [1.807, 2.05) is 109 Å². The van der Waals surface area contributed by atoms with Gasteiger partial charge >= 0.3 is 0 Å². The minimum Gasteiger partial charge on any atom is -0.456 e. The Morgan fingerprint density at radius 2 is 1.00 bits per heavy atom. The molecule has 0 unspecified atom stereocenters. The molecule has 0 radical (unpaired) electrons. The first-order valence-electron chi connectivity index (χ1n) is 19.1. The Balaban J connectivity index is 1.22. The summed E-state index contributed by atoms with van der Waals surface area (Å²) in [6.07, 6.45) is 0. The van der Waals surface area contributed by atoms with Crippen molar-refractivity contribution in [2.45, 2.75) is 0 Å². The lowest BCUT2D eigenvalue weighted by molar-refractivity contribution is 0.669. The van der Waals surface area contributed by atoms with E-state index < -0.39 is 0 Å². The monoisotopic (exact) mass is 741 g/mol. The van der Waals surface area contributed by atoms with Gasteiger partial charge in [0.2, 0.25) is 0 Å². The Kier molecular flexibility index (Phi) is 7.76. The Labute approximate surface area is 333 Å². The van der Waals surface area contributed by atoms with Crippen LogP contribution >= 0.6 is 0 Å². The number of para-hydroxylation sites is 3. The fourth-order valence-corrected chi connectivity index (χ4v) is 8.24. The van der Waals surface area contributed by atoms with Gasteiger partial charge in [0.05, 0.1) is 23.3 Å². The van der Waals surface area contributed by atoms with Gasteiger partial charge in [-0.05, 0) is 64.7 Å². The summed E-state index contributed by atoms with van der Waals surface area (Å²) in [4.78, 5) is 19.4. The topological polar surface area (TPSA) is 61.1 Å². The highest BCUT2D eigenvalue weighted by Crippen LogP contribution is 2.42. The highest BCUT2D eigenvalue weighted by molar-refractivity contribution is 6.13. The molecule has 0 aliphatic carbocycles. The van der Waals surface area contributed by atoms with Crippen molar-refractivity contribution in [3.8, 4) is 62.1 Å². The Hall–Kier alpha value is -8.14. The molecule has 0 atom stereocenters. The van der Waals surface area contributed by atoms with Crippen molar-refractivity contribution < 1.29 is 4.42 Å². The number of hydrogen-bond acceptors (Lipinski definition) is 4. The number of fused-ring (bicyclic) bond motifs is 6. The number of aromatic nitrogens is 4. The molecule has 0 bridgehead atoms. The van der Waals surface area contributed by atoms with Crippen LogP contribution in [0.1, 0.15) is 0 Å². The molecule has 8 aromatic carbocycles. The summed E-state index contributed by atoms with van der Waals surface area (Å²) in [6, 6.07) is 63.9. The van der Waals surface area contributed by atoms with Gasteiger partial charge in [0.15, 0.2) is 23.2 Å². The van der Waals surface area contributed by atoms with E-state index in [1.54, 1.807) is 0 Å². The average Bonchev–Trinajstić information content (AvgIpc) is 3.85. The summed E-state index contributed by atoms with van der Waals surface area (Å²) in [6.45, 7) is 7.84. The second-order valence-corrected chi connectivity index (χ2v) is 14.3. The first-order valence-corrected chi connectivity index (χ1v) is 19.1. The summed E-state index contributed by atoms with van der Waals surface area (Å²) in [5.74, 6) is 1.74. The normalized spacial score (nSPS) is 11.4. The van der Waals surface area contributed by atoms with E-state index in [1.165, 1.54) is 0 Å². The highest BCUT2D eigenvalue weighted by Gasteiger charge is 2.22. The van der Waals surface area contributed by atoms with Crippen LogP contribution in [0.3, 0.4) is 0 Å². The van der Waals surface area contributed by atoms with E-state index in [0.717, 1.165) is 88.4 Å². The number of rotatable bonds is 6. The molecular formula is C52H31N5O. The molecule has 6 nitrogen and oxygen atoms in total. The molecule has 3 heterocycles. The zero-order valence-electron chi connectivity index (χ0n) is 31.0. The Morgan fingerprint density at radius 3 is 1.78 bits per heavy atom. The molecular weight excluding hydrogens is 711 g/mol. The number of hydrogen-bond donors (Lipinski definition) is 0. The van der Waals surface area contributed by atoms with Crippen LogP contribution in [-0.2, 0) is 0 Å². The van der Waals surface area contributed by atoms with Crippen molar-refractivity contribution >= 4 is 49.4 Å². The SMILES string of the molecule is [C-]#[N+]c1ccccc1-c1ccc2c(c1)c1ccccc1n2-c1ccc(-c2cccc3oc4ccccc4c23)cc1-c1nc(-c2ccccc2)nc(-c2ccccc2)n1. The maximum absolute atomic E-state index is 7.84. The molecule has 6 heteroatoms. The minimum absolute atomic E-state index is 0.558. The standard InChI is InChI=1S/C52H31N5O/c1-53-43-23-11-8-19-37(43)35-27-29-45-41(31-35)39-20-9-12-24-44(39)57(45)46-30-28-36(38-22-14-26-48-49(38)40-21-10-13-25-47(40)58-48)32-42(46)52-55-50(33-15-4-2-5-16-33)54-51(56-52)34-17-6-3-7-18-34/h2-32H. The number of furan rings is 1. The van der Waals surface area contributed by atoms with Gasteiger partial charge in [-0.1, -0.05) is 146 Å². The van der Waals surface area contributed by atoms with Crippen molar-refractivity contribution in [2.24, 2.45) is 0 Å². The van der Waals surface area contributed by atoms with E-state index >= 15 is 0 Å². The van der Waals surface area contributed by atoms with Gasteiger partial charge in [-0.3, -0.25) is 0 Å². The van der Waals surface area contributed by atoms with E-state index in [9.17, 15) is 0 Å². The third-order valence-corrected chi connectivity index (χ3v) is 10.9. The fourth-order valence-electron chi connectivity index (χ4n) is 8.24. The zero-order valence-corrected chi connectivity index (χ0v) is 31.0. The molecule has 0 amide bonds. The van der Waals surface area contributed by atoms with Crippen LogP contribution in [0, 0.1) is 6.57 Å². The molecule has 11 rings (SSSR count). The molecule has 270 valence electrons. The maximum atomic E-state index is 7.84. The van der Waals surface area contributed by atoms with Gasteiger partial charge in [-0.25, -0.2) is 19.8 Å². The van der Waals surface area contributed by atoms with Gasteiger partial charge in [-0.15, -0.1) is 0 Å². The van der Waals surface area contributed by atoms with E-state index in [0.29, 0.717) is 23.2 Å². The molecule has 0 saturated heterocycles. The third kappa shape index (κ3) is 5.45. The van der Waals surface area contributed by atoms with E-state index in [2.05, 4.69) is 88.3 Å². The largest absolute Gasteiger partial charge is 0.456 e. The molecule has 0 N–H and O–H groups in total. The molecule has 0 fully saturated rings. The third-order valence-electron chi connectivity index (χ3n) is 10.9. The fraction of sp³-hybridized carbons (Fsp3) is 0. The van der Waals surface area contributed by atoms with E-state index in [-0.39, 0.29) is 0 Å². The van der Waals surface area contributed by atoms with Crippen LogP contribution in [0.15, 0.2) is 192 Å². The molecule has 0 aliphatic rings. The summed E-state index contributed by atoms with van der Waals surface area (Å²) < 4.78 is 8.66. The van der Waals surface area contributed by atoms with Crippen molar-refractivity contribution in [2.75, 3.05) is 0 Å². The highest BCUT2D eigenvalue weighted by atomic mass is 16.3. The van der Waals surface area contributed by atoms with Gasteiger partial charge in [-0.2, -0.15) is 0 Å². The van der Waals surface area contributed by atoms with Crippen LogP contribution in [-0.4, -0.2) is 19.5 Å². The van der Waals surface area contributed by atoms with Crippen LogP contribution < -0.4 is 0 Å². The molecule has 3 aromatic heterocycles. The van der Waals surface area contributed by atoms with Crippen molar-refractivity contribution in [1.29, 1.82) is 0 Å². The summed E-state index contributed by atoms with van der Waals surface area (Å²) in [5, 5.41) is 4.32. The molecule has 11 aromatic rings. The number of benzene rings is 8. The molecule has 58 heavy (non-hydrogen) atoms. The van der Waals surface area contributed by atoms with Gasteiger partial charge in [0, 0.05) is 38.2 Å². The predicted octanol–water partition coefficient (Wildman–Crippen LogP) is 13.8. The lowest BCUT2D eigenvalue weighted by Gasteiger charge is -2.17. The minimum atomic E-state index is 0.558. The molecule has 0 aliphatic heterocycles. The van der Waals surface area contributed by atoms with Crippen LogP contribution in [0.4, 0.5) is 5.69 Å². The first-order chi connectivity index (χ1) is 28.7. The lowest BCUT2D eigenvalue weighted by atomic mass is 9.96. The second-order valence-electron chi connectivity index (χ2n) is 14.3. The summed E-state index contributed by atoms with van der Waals surface area (Å²) >= 11 is 0. The van der Waals surface area contributed by atoms with Crippen LogP contribution in [0.25, 0.3) is 111 Å². The van der Waals surface area contributed by atoms with Crippen molar-refractivity contribution in [3.63, 3.8) is 0 Å². The van der Waals surface area contributed by atoms with Gasteiger partial charge in [0.1, 0.15) is 11.2 Å².